The summed E-state index contributed by atoms with van der Waals surface area (Å²) in [6.45, 7) is 13.2. The maximum absolute atomic E-state index is 8.86. The molecule has 1 atom stereocenters. The number of aromatic nitrogens is 1. The second-order valence-corrected chi connectivity index (χ2v) is 10.9. The quantitative estimate of drug-likeness (QED) is 0.772. The maximum Gasteiger partial charge on any atom is 0.192 e. The van der Waals surface area contributed by atoms with Gasteiger partial charge in [-0.25, -0.2) is 4.98 Å². The van der Waals surface area contributed by atoms with E-state index in [0.717, 1.165) is 5.56 Å². The van der Waals surface area contributed by atoms with Gasteiger partial charge in [-0.2, -0.15) is 5.26 Å². The Kier molecular flexibility index (Phi) is 4.31. The smallest absolute Gasteiger partial charge is 0.192 e. The molecule has 4 heteroatoms. The highest BCUT2D eigenvalue weighted by Crippen LogP contribution is 2.39. The van der Waals surface area contributed by atoms with Gasteiger partial charge in [0.15, 0.2) is 8.32 Å². The van der Waals surface area contributed by atoms with E-state index in [1.165, 1.54) is 0 Å². The van der Waals surface area contributed by atoms with Crippen molar-refractivity contribution in [2.75, 3.05) is 0 Å². The molecular formula is C14H22N2OSi. The number of nitrogens with zero attached hydrogens (tertiary/aromatic N) is 2. The second kappa shape index (κ2) is 5.21. The van der Waals surface area contributed by atoms with Gasteiger partial charge in [0.1, 0.15) is 11.8 Å². The SMILES string of the molecule is CC(O[Si](C)(C)C(C)(C)C)c1ccnc(C#N)c1. The van der Waals surface area contributed by atoms with Gasteiger partial charge >= 0.3 is 0 Å². The summed E-state index contributed by atoms with van der Waals surface area (Å²) in [4.78, 5) is 3.98. The first-order valence-corrected chi connectivity index (χ1v) is 9.12. The molecule has 1 unspecified atom stereocenters. The van der Waals surface area contributed by atoms with E-state index in [2.05, 4.69) is 44.9 Å². The molecule has 0 radical (unpaired) electrons. The minimum Gasteiger partial charge on any atom is -0.410 e. The number of nitriles is 1. The summed E-state index contributed by atoms with van der Waals surface area (Å²) in [5, 5.41) is 9.05. The zero-order valence-corrected chi connectivity index (χ0v) is 13.1. The van der Waals surface area contributed by atoms with Gasteiger partial charge in [0, 0.05) is 6.20 Å². The van der Waals surface area contributed by atoms with Gasteiger partial charge in [-0.3, -0.25) is 0 Å². The van der Waals surface area contributed by atoms with Crippen molar-refractivity contribution in [2.45, 2.75) is 51.9 Å². The van der Waals surface area contributed by atoms with E-state index in [4.69, 9.17) is 9.69 Å². The van der Waals surface area contributed by atoms with Crippen molar-refractivity contribution in [3.63, 3.8) is 0 Å². The van der Waals surface area contributed by atoms with Crippen LogP contribution in [0.15, 0.2) is 18.3 Å². The topological polar surface area (TPSA) is 45.9 Å². The van der Waals surface area contributed by atoms with Crippen molar-refractivity contribution in [1.29, 1.82) is 5.26 Å². The molecule has 0 saturated carbocycles. The van der Waals surface area contributed by atoms with E-state index in [1.54, 1.807) is 12.3 Å². The van der Waals surface area contributed by atoms with E-state index in [-0.39, 0.29) is 11.1 Å². The molecular weight excluding hydrogens is 240 g/mol. The van der Waals surface area contributed by atoms with Crippen LogP contribution in [-0.2, 0) is 4.43 Å². The Morgan fingerprint density at radius 2 is 2.00 bits per heavy atom. The van der Waals surface area contributed by atoms with Crippen LogP contribution in [0.4, 0.5) is 0 Å². The normalized spacial score (nSPS) is 14.1. The maximum atomic E-state index is 8.86. The summed E-state index contributed by atoms with van der Waals surface area (Å²) in [6, 6.07) is 5.78. The Labute approximate surface area is 111 Å². The Hall–Kier alpha value is -1.18. The number of pyridine rings is 1. The zero-order valence-electron chi connectivity index (χ0n) is 12.1. The van der Waals surface area contributed by atoms with Gasteiger partial charge in [-0.05, 0) is 42.8 Å². The molecule has 0 fully saturated rings. The molecule has 0 aliphatic heterocycles. The fraction of sp³-hybridized carbons (Fsp3) is 0.571. The highest BCUT2D eigenvalue weighted by Gasteiger charge is 2.38. The molecule has 0 aliphatic rings. The Bertz CT molecular complexity index is 458. The molecule has 0 bridgehead atoms. The van der Waals surface area contributed by atoms with E-state index < -0.39 is 8.32 Å². The van der Waals surface area contributed by atoms with Gasteiger partial charge in [-0.15, -0.1) is 0 Å². The minimum absolute atomic E-state index is 0.000918. The highest BCUT2D eigenvalue weighted by molar-refractivity contribution is 6.74. The monoisotopic (exact) mass is 262 g/mol. The summed E-state index contributed by atoms with van der Waals surface area (Å²) < 4.78 is 6.29. The first-order valence-electron chi connectivity index (χ1n) is 6.21. The molecule has 1 rings (SSSR count). The van der Waals surface area contributed by atoms with Crippen LogP contribution in [0.3, 0.4) is 0 Å². The summed E-state index contributed by atoms with van der Waals surface area (Å²) in [5.41, 5.74) is 1.46. The molecule has 0 spiro atoms. The van der Waals surface area contributed by atoms with Crippen molar-refractivity contribution in [2.24, 2.45) is 0 Å². The average Bonchev–Trinajstić information content (AvgIpc) is 2.27. The number of hydrogen-bond acceptors (Lipinski definition) is 3. The van der Waals surface area contributed by atoms with Gasteiger partial charge in [0.2, 0.25) is 0 Å². The molecule has 1 heterocycles. The Morgan fingerprint density at radius 3 is 2.50 bits per heavy atom. The van der Waals surface area contributed by atoms with Gasteiger partial charge in [0.25, 0.3) is 0 Å². The van der Waals surface area contributed by atoms with Gasteiger partial charge in [0.05, 0.1) is 6.10 Å². The van der Waals surface area contributed by atoms with Crippen molar-refractivity contribution in [3.8, 4) is 6.07 Å². The van der Waals surface area contributed by atoms with Crippen molar-refractivity contribution >= 4 is 8.32 Å². The lowest BCUT2D eigenvalue weighted by Crippen LogP contribution is -2.41. The molecule has 0 amide bonds. The summed E-state index contributed by atoms with van der Waals surface area (Å²) >= 11 is 0. The molecule has 18 heavy (non-hydrogen) atoms. The largest absolute Gasteiger partial charge is 0.410 e. The zero-order chi connectivity index (χ0) is 14.0. The summed E-state index contributed by atoms with van der Waals surface area (Å²) in [5.74, 6) is 0. The highest BCUT2D eigenvalue weighted by atomic mass is 28.4. The van der Waals surface area contributed by atoms with Crippen LogP contribution < -0.4 is 0 Å². The lowest BCUT2D eigenvalue weighted by atomic mass is 10.1. The van der Waals surface area contributed by atoms with Crippen LogP contribution >= 0.6 is 0 Å². The van der Waals surface area contributed by atoms with E-state index in [9.17, 15) is 0 Å². The molecule has 0 aromatic carbocycles. The predicted molar refractivity (Wildman–Crippen MR) is 75.6 cm³/mol. The van der Waals surface area contributed by atoms with Crippen LogP contribution in [0.5, 0.6) is 0 Å². The third kappa shape index (κ3) is 3.41. The van der Waals surface area contributed by atoms with E-state index in [0.29, 0.717) is 5.69 Å². The number of rotatable bonds is 3. The van der Waals surface area contributed by atoms with Crippen LogP contribution in [0.25, 0.3) is 0 Å². The van der Waals surface area contributed by atoms with Crippen molar-refractivity contribution in [1.82, 2.24) is 4.98 Å². The van der Waals surface area contributed by atoms with Gasteiger partial charge < -0.3 is 4.43 Å². The predicted octanol–water partition coefficient (Wildman–Crippen LogP) is 4.04. The van der Waals surface area contributed by atoms with Crippen LogP contribution in [0.1, 0.15) is 45.1 Å². The second-order valence-electron chi connectivity index (χ2n) is 6.11. The van der Waals surface area contributed by atoms with E-state index in [1.807, 2.05) is 13.0 Å². The summed E-state index contributed by atoms with van der Waals surface area (Å²) in [6.07, 6.45) is 1.67. The molecule has 1 aromatic rings. The van der Waals surface area contributed by atoms with Crippen LogP contribution in [0.2, 0.25) is 18.1 Å². The first kappa shape index (κ1) is 14.9. The Balaban J connectivity index is 2.89. The fourth-order valence-electron chi connectivity index (χ4n) is 1.45. The number of hydrogen-bond donors (Lipinski definition) is 0. The first-order chi connectivity index (χ1) is 8.17. The van der Waals surface area contributed by atoms with Crippen molar-refractivity contribution < 1.29 is 4.43 Å². The minimum atomic E-state index is -1.78. The van der Waals surface area contributed by atoms with Crippen LogP contribution in [0, 0.1) is 11.3 Å². The van der Waals surface area contributed by atoms with Crippen LogP contribution in [-0.4, -0.2) is 13.3 Å². The molecule has 0 saturated heterocycles. The van der Waals surface area contributed by atoms with Crippen molar-refractivity contribution in [3.05, 3.63) is 29.6 Å². The molecule has 0 aliphatic carbocycles. The molecule has 0 N–H and O–H groups in total. The third-order valence-corrected chi connectivity index (χ3v) is 8.20. The molecule has 3 nitrogen and oxygen atoms in total. The third-order valence-electron chi connectivity index (χ3n) is 3.65. The lowest BCUT2D eigenvalue weighted by molar-refractivity contribution is 0.203. The standard InChI is InChI=1S/C14H22N2OSi/c1-11(17-18(5,6)14(2,3)4)12-7-8-16-13(9-12)10-15/h7-9,11H,1-6H3. The van der Waals surface area contributed by atoms with E-state index >= 15 is 0 Å². The van der Waals surface area contributed by atoms with Gasteiger partial charge in [-0.1, -0.05) is 20.8 Å². The molecule has 1 aromatic heterocycles. The average molecular weight is 262 g/mol. The fourth-order valence-corrected chi connectivity index (χ4v) is 2.82. The molecule has 98 valence electrons. The lowest BCUT2D eigenvalue weighted by Gasteiger charge is -2.38. The summed E-state index contributed by atoms with van der Waals surface area (Å²) in [7, 11) is -1.78. The Morgan fingerprint density at radius 1 is 1.39 bits per heavy atom.